The third kappa shape index (κ3) is 25.5. The summed E-state index contributed by atoms with van der Waals surface area (Å²) in [6.45, 7) is 6.89. The maximum absolute atomic E-state index is 14.4. The van der Waals surface area contributed by atoms with Crippen LogP contribution in [-0.2, 0) is 73.6 Å². The molecule has 4 aromatic carbocycles. The van der Waals surface area contributed by atoms with E-state index in [1.54, 1.807) is 9.80 Å². The van der Waals surface area contributed by atoms with Gasteiger partial charge in [-0.2, -0.15) is 0 Å². The van der Waals surface area contributed by atoms with Crippen LogP contribution < -0.4 is 86.7 Å². The number of aromatic nitrogens is 6. The summed E-state index contributed by atoms with van der Waals surface area (Å²) in [5.74, 6) is -4.36. The Morgan fingerprint density at radius 3 is 1.20 bits per heavy atom. The lowest BCUT2D eigenvalue weighted by atomic mass is 9.85. The Labute approximate surface area is 745 Å². The van der Waals surface area contributed by atoms with Crippen LogP contribution in [0.5, 0.6) is 0 Å². The molecule has 24 N–H and O–H groups in total. The summed E-state index contributed by atoms with van der Waals surface area (Å²) in [7, 11) is 0. The number of hydrogen-bond acceptors (Lipinski definition) is 20. The molecule has 10 atom stereocenters. The number of amides is 8. The highest BCUT2D eigenvalue weighted by Gasteiger charge is 2.41. The van der Waals surface area contributed by atoms with E-state index in [0.717, 1.165) is 84.9 Å². The number of nitrogens with two attached hydrogens (primary N) is 4. The van der Waals surface area contributed by atoms with Gasteiger partial charge in [0.05, 0.1) is 72.4 Å². The van der Waals surface area contributed by atoms with Gasteiger partial charge in [-0.25, -0.2) is 9.36 Å². The molecule has 688 valence electrons. The molecular formula is C90H128N28O10. The number of aryl methyl sites for hydroxylation is 2. The number of rotatable bonds is 46. The van der Waals surface area contributed by atoms with Gasteiger partial charge in [-0.3, -0.25) is 69.6 Å². The van der Waals surface area contributed by atoms with Gasteiger partial charge in [-0.05, 0) is 258 Å². The van der Waals surface area contributed by atoms with Gasteiger partial charge in [0.1, 0.15) is 24.2 Å². The lowest BCUT2D eigenvalue weighted by Crippen LogP contribution is -2.55. The Bertz CT molecular complexity index is 4760. The number of nitrogens with zero attached hydrogens (tertiary/aromatic N) is 8. The molecular weight excluding hydrogens is 1630 g/mol. The van der Waals surface area contributed by atoms with Crippen molar-refractivity contribution in [3.63, 3.8) is 0 Å². The fraction of sp³-hybridized carbons (Fsp3) is 0.556. The number of likely N-dealkylation sites (tertiary alicyclic amines) is 2. The monoisotopic (exact) mass is 1760 g/mol. The molecule has 38 heteroatoms. The molecule has 8 amide bonds. The predicted molar refractivity (Wildman–Crippen MR) is 487 cm³/mol. The smallest absolute Gasteiger partial charge is 0.245 e. The van der Waals surface area contributed by atoms with Crippen molar-refractivity contribution in [3.8, 4) is 11.4 Å². The van der Waals surface area contributed by atoms with E-state index in [1.807, 2.05) is 21.8 Å². The summed E-state index contributed by atoms with van der Waals surface area (Å²) in [5, 5.41) is 86.4. The topological polar surface area (TPSA) is 582 Å². The Morgan fingerprint density at radius 1 is 0.445 bits per heavy atom. The Morgan fingerprint density at radius 2 is 0.828 bits per heavy atom. The van der Waals surface area contributed by atoms with Crippen LogP contribution in [0.1, 0.15) is 202 Å². The molecule has 128 heavy (non-hydrogen) atoms. The third-order valence-electron chi connectivity index (χ3n) is 25.3. The Balaban J connectivity index is 0.611. The highest BCUT2D eigenvalue weighted by atomic mass is 16.2. The highest BCUT2D eigenvalue weighted by Crippen LogP contribution is 2.52. The molecule has 2 aromatic heterocycles. The quantitative estimate of drug-likeness (QED) is 0.0148. The third-order valence-corrected chi connectivity index (χ3v) is 25.3. The summed E-state index contributed by atoms with van der Waals surface area (Å²) in [6.07, 6.45) is 19.2. The molecule has 6 aromatic rings. The van der Waals surface area contributed by atoms with Gasteiger partial charge in [0, 0.05) is 52.1 Å². The number of benzene rings is 4. The summed E-state index contributed by atoms with van der Waals surface area (Å²) in [4.78, 5) is 140. The average Bonchev–Trinajstić information content (AvgIpc) is 1.56. The van der Waals surface area contributed by atoms with Crippen LogP contribution in [0.2, 0.25) is 0 Å². The fourth-order valence-electron chi connectivity index (χ4n) is 18.9. The van der Waals surface area contributed by atoms with E-state index in [2.05, 4.69) is 159 Å². The van der Waals surface area contributed by atoms with Crippen molar-refractivity contribution in [1.82, 2.24) is 104 Å². The minimum absolute atomic E-state index is 0.0479. The van der Waals surface area contributed by atoms with Gasteiger partial charge in [-0.1, -0.05) is 73.5 Å². The molecule has 2 aliphatic carbocycles. The number of allylic oxidation sites excluding steroid dienone is 2. The molecule has 4 aliphatic heterocycles. The van der Waals surface area contributed by atoms with Crippen molar-refractivity contribution in [3.05, 3.63) is 107 Å². The van der Waals surface area contributed by atoms with Crippen molar-refractivity contribution >= 4 is 115 Å². The summed E-state index contributed by atoms with van der Waals surface area (Å²) >= 11 is 0. The molecule has 0 spiro atoms. The summed E-state index contributed by atoms with van der Waals surface area (Å²) in [6, 6.07) is 15.8. The molecule has 6 heterocycles. The first-order valence-corrected chi connectivity index (χ1v) is 45.6. The van der Waals surface area contributed by atoms with E-state index in [1.165, 1.54) is 44.2 Å². The number of Topliss-reactive ketones (excluding diaryl/α,β-unsaturated/α-hetero) is 2. The van der Waals surface area contributed by atoms with Crippen LogP contribution in [0.25, 0.3) is 44.1 Å². The minimum Gasteiger partial charge on any atom is -0.370 e. The average molecular weight is 1760 g/mol. The van der Waals surface area contributed by atoms with Crippen LogP contribution in [0.4, 0.5) is 0 Å². The maximum Gasteiger partial charge on any atom is 0.245 e. The van der Waals surface area contributed by atoms with E-state index in [9.17, 15) is 47.9 Å². The summed E-state index contributed by atoms with van der Waals surface area (Å²) < 4.78 is 3.64. The fourth-order valence-corrected chi connectivity index (χ4v) is 18.9. The van der Waals surface area contributed by atoms with Crippen molar-refractivity contribution in [1.29, 1.82) is 21.6 Å². The maximum atomic E-state index is 14.4. The highest BCUT2D eigenvalue weighted by molar-refractivity contribution is 6.11. The molecule has 12 rings (SSSR count). The van der Waals surface area contributed by atoms with E-state index < -0.39 is 96.9 Å². The van der Waals surface area contributed by atoms with Gasteiger partial charge in [-0.15, -0.1) is 10.2 Å². The molecule has 4 fully saturated rings. The minimum atomic E-state index is -1.04. The van der Waals surface area contributed by atoms with E-state index in [4.69, 9.17) is 44.6 Å². The first kappa shape index (κ1) is 94.6. The van der Waals surface area contributed by atoms with Crippen molar-refractivity contribution in [2.45, 2.75) is 242 Å². The molecule has 0 bridgehead atoms. The number of carbonyl (C=O) groups excluding carboxylic acids is 10. The predicted octanol–water partition coefficient (Wildman–Crippen LogP) is 2.50. The number of nitrogens with one attached hydrogen (secondary N) is 16. The number of carbonyl (C=O) groups is 10. The molecule has 0 radical (unpaired) electrons. The van der Waals surface area contributed by atoms with Gasteiger partial charge in [0.15, 0.2) is 35.4 Å². The molecule has 0 unspecified atom stereocenters. The first-order chi connectivity index (χ1) is 61.7. The van der Waals surface area contributed by atoms with Gasteiger partial charge >= 0.3 is 0 Å². The van der Waals surface area contributed by atoms with Gasteiger partial charge < -0.3 is 96.5 Å². The number of fused-ring (bicyclic) bond motifs is 6. The lowest BCUT2D eigenvalue weighted by molar-refractivity contribution is -0.141. The van der Waals surface area contributed by atoms with Crippen LogP contribution in [0, 0.1) is 33.5 Å². The van der Waals surface area contributed by atoms with E-state index in [0.29, 0.717) is 129 Å². The second kappa shape index (κ2) is 45.8. The standard InChI is InChI=1S/C90H128N28O10/c1-53-45-57-31-29-55-47-61(117-51-59(111-113-117)17-5-3-7-27-73(119)71-25-15-43-115(71)85(127)69(23-13-41-103-89(95)96)107-75(121)49-105-81(123)67(21-11-39-101-87(91)92)109-83(125)65-19-9-37-99-65)33-35-63(55)79(57)77(53)78-54(2)46-58-32-30-56-48-62(34-36-64(56)80(58)78)118-52-60(112-114-118)18-6-4-8-28-74(120)72-26-16-44-116(72)86(128)70(24-14-42-104-90(97)98)108-76(122)50-106-82(124)68(22-12-40-102-88(93)94)110-84(126)66-20-10-38-100-66/h29-36,47-48,51-54,65-72,99-100H,3-28,37-46,49-50H2,1-2H3,(H,105,123)(H,106,124)(H,107,121)(H,108,122)(H,109,125)(H,110,126)(H4,91,92,101)(H4,93,94,102)(H4,95,96,103)(H4,97,98,104)/b78-77+/t53-,54-,65-,66-,67-,68-,69-,70-,71-,72-/m0/s1. The number of ketones is 2. The largest absolute Gasteiger partial charge is 0.370 e. The second-order valence-corrected chi connectivity index (χ2v) is 34.8. The Hall–Kier alpha value is -12.5. The van der Waals surface area contributed by atoms with Crippen LogP contribution >= 0.6 is 0 Å². The van der Waals surface area contributed by atoms with E-state index >= 15 is 0 Å². The van der Waals surface area contributed by atoms with Crippen LogP contribution in [0.15, 0.2) is 73.1 Å². The zero-order valence-corrected chi connectivity index (χ0v) is 73.5. The molecule has 4 saturated heterocycles. The number of hydrogen-bond donors (Lipinski definition) is 20. The number of unbranched alkanes of at least 4 members (excludes halogenated alkanes) is 4. The van der Waals surface area contributed by atoms with Crippen molar-refractivity contribution < 1.29 is 47.9 Å². The normalized spacial score (nSPS) is 19.6. The van der Waals surface area contributed by atoms with E-state index in [-0.39, 0.29) is 111 Å². The second-order valence-electron chi connectivity index (χ2n) is 34.8. The molecule has 0 saturated carbocycles. The zero-order valence-electron chi connectivity index (χ0n) is 73.5. The molecule has 6 aliphatic rings. The lowest BCUT2D eigenvalue weighted by Gasteiger charge is -2.29. The van der Waals surface area contributed by atoms with Crippen molar-refractivity contribution in [2.24, 2.45) is 34.8 Å². The van der Waals surface area contributed by atoms with Gasteiger partial charge in [0.25, 0.3) is 0 Å². The summed E-state index contributed by atoms with van der Waals surface area (Å²) in [5.41, 5.74) is 33.4. The SMILES string of the molecule is C[C@H]1Cc2ccc3cc(-n4cc(CCCCCC(=O)[C@@H]5CCCN5C(=O)[C@H](CCCNC(=N)N)NC(=O)CNC(=O)[C@H](CCCNC(=N)N)NC(=O)[C@@H]5CCCN5)nn4)ccc3c2/C1=C1/c2c(ccc3cc(-n4cc(CCCCCC(=O)[C@@H]5CCCN5C(=O)[C@H](CCCNC(=N)N)NC(=O)CNC(=O)[C@H](CCCNC(=N)N)NC(=O)[C@@H]5CCCN5)nn4)ccc23)C[C@@H]1C. The number of guanidine groups is 4. The first-order valence-electron chi connectivity index (χ1n) is 45.6. The van der Waals surface area contributed by atoms with Crippen molar-refractivity contribution in [2.75, 3.05) is 65.4 Å². The van der Waals surface area contributed by atoms with Crippen LogP contribution in [0.3, 0.4) is 0 Å². The Kier molecular flexibility index (Phi) is 33.9. The van der Waals surface area contributed by atoms with Gasteiger partial charge in [0.2, 0.25) is 47.3 Å². The van der Waals surface area contributed by atoms with Crippen LogP contribution in [-0.4, -0.2) is 236 Å². The molecule has 38 nitrogen and oxygen atoms in total. The zero-order chi connectivity index (χ0) is 90.9.